The Labute approximate surface area is 181 Å². The van der Waals surface area contributed by atoms with Crippen LogP contribution in [0.5, 0.6) is 0 Å². The molecule has 2 amide bonds. The lowest BCUT2D eigenvalue weighted by molar-refractivity contribution is -0.139. The van der Waals surface area contributed by atoms with E-state index in [9.17, 15) is 14.0 Å². The lowest BCUT2D eigenvalue weighted by Crippen LogP contribution is -2.43. The van der Waals surface area contributed by atoms with E-state index >= 15 is 0 Å². The molecule has 1 aliphatic rings. The molecule has 0 bridgehead atoms. The summed E-state index contributed by atoms with van der Waals surface area (Å²) in [7, 11) is 0. The highest BCUT2D eigenvalue weighted by Crippen LogP contribution is 2.24. The average Bonchev–Trinajstić information content (AvgIpc) is 2.78. The molecule has 2 aromatic rings. The van der Waals surface area contributed by atoms with E-state index in [0.717, 1.165) is 38.0 Å². The van der Waals surface area contributed by atoms with Gasteiger partial charge >= 0.3 is 11.8 Å². The fraction of sp³-hybridized carbons (Fsp3) is 0.391. The van der Waals surface area contributed by atoms with Gasteiger partial charge in [0.15, 0.2) is 0 Å². The smallest absolute Gasteiger partial charge is 0.309 e. The molecule has 0 aliphatic carbocycles. The van der Waals surface area contributed by atoms with Crippen molar-refractivity contribution in [2.24, 2.45) is 5.92 Å². The Morgan fingerprint density at radius 1 is 1.03 bits per heavy atom. The average molecular weight is 430 g/mol. The van der Waals surface area contributed by atoms with Gasteiger partial charge in [0.25, 0.3) is 0 Å². The van der Waals surface area contributed by atoms with Crippen LogP contribution in [0.1, 0.15) is 24.0 Å². The van der Waals surface area contributed by atoms with Gasteiger partial charge in [0.1, 0.15) is 5.82 Å². The van der Waals surface area contributed by atoms with E-state index < -0.39 is 11.8 Å². The summed E-state index contributed by atoms with van der Waals surface area (Å²) in [6, 6.07) is 14.3. The fourth-order valence-electron chi connectivity index (χ4n) is 3.61. The molecule has 5 nitrogen and oxygen atoms in total. The Balaban J connectivity index is 1.36. The molecule has 0 aromatic heterocycles. The SMILES string of the molecule is CSc1ccccc1CN1CCC(CNC(=O)C(=O)NCc2ccc(F)cc2)CC1. The third-order valence-corrected chi connectivity index (χ3v) is 6.26. The first-order valence-electron chi connectivity index (χ1n) is 10.2. The van der Waals surface area contributed by atoms with Crippen LogP contribution in [-0.4, -0.2) is 42.6 Å². The van der Waals surface area contributed by atoms with Crippen LogP contribution >= 0.6 is 11.8 Å². The van der Waals surface area contributed by atoms with E-state index in [4.69, 9.17) is 0 Å². The highest BCUT2D eigenvalue weighted by atomic mass is 32.2. The largest absolute Gasteiger partial charge is 0.348 e. The summed E-state index contributed by atoms with van der Waals surface area (Å²) in [5.74, 6) is -1.23. The Kier molecular flexibility index (Phi) is 8.28. The normalized spacial score (nSPS) is 15.0. The van der Waals surface area contributed by atoms with E-state index in [1.165, 1.54) is 22.6 Å². The first-order valence-corrected chi connectivity index (χ1v) is 11.4. The molecule has 0 spiro atoms. The van der Waals surface area contributed by atoms with Crippen molar-refractivity contribution in [3.8, 4) is 0 Å². The minimum absolute atomic E-state index is 0.197. The van der Waals surface area contributed by atoms with Crippen molar-refractivity contribution < 1.29 is 14.0 Å². The summed E-state index contributed by atoms with van der Waals surface area (Å²) in [6.07, 6.45) is 4.10. The fourth-order valence-corrected chi connectivity index (χ4v) is 4.21. The second-order valence-electron chi connectivity index (χ2n) is 7.55. The predicted octanol–water partition coefficient (Wildman–Crippen LogP) is 3.19. The Morgan fingerprint density at radius 2 is 1.70 bits per heavy atom. The summed E-state index contributed by atoms with van der Waals surface area (Å²) in [4.78, 5) is 27.8. The van der Waals surface area contributed by atoms with Gasteiger partial charge in [-0.15, -0.1) is 11.8 Å². The second kappa shape index (κ2) is 11.1. The summed E-state index contributed by atoms with van der Waals surface area (Å²) in [5.41, 5.74) is 2.10. The van der Waals surface area contributed by atoms with Crippen LogP contribution in [0.3, 0.4) is 0 Å². The van der Waals surface area contributed by atoms with Crippen LogP contribution in [-0.2, 0) is 22.7 Å². The van der Waals surface area contributed by atoms with Crippen molar-refractivity contribution in [3.05, 3.63) is 65.5 Å². The standard InChI is InChI=1S/C23H28FN3O2S/c1-30-21-5-3-2-4-19(21)16-27-12-10-18(11-13-27)15-26-23(29)22(28)25-14-17-6-8-20(24)9-7-17/h2-9,18H,10-16H2,1H3,(H,25,28)(H,26,29). The van der Waals surface area contributed by atoms with Gasteiger partial charge in [-0.25, -0.2) is 4.39 Å². The molecule has 7 heteroatoms. The number of carbonyl (C=O) groups excluding carboxylic acids is 2. The number of rotatable bonds is 7. The molecular weight excluding hydrogens is 401 g/mol. The minimum Gasteiger partial charge on any atom is -0.348 e. The number of benzene rings is 2. The number of thioether (sulfide) groups is 1. The number of amides is 2. The van der Waals surface area contributed by atoms with Crippen LogP contribution in [0, 0.1) is 11.7 Å². The zero-order valence-electron chi connectivity index (χ0n) is 17.2. The maximum atomic E-state index is 12.9. The molecule has 2 N–H and O–H groups in total. The molecule has 0 atom stereocenters. The molecule has 1 heterocycles. The van der Waals surface area contributed by atoms with Crippen molar-refractivity contribution in [2.75, 3.05) is 25.9 Å². The quantitative estimate of drug-likeness (QED) is 0.524. The first kappa shape index (κ1) is 22.3. The van der Waals surface area contributed by atoms with Crippen LogP contribution in [0.25, 0.3) is 0 Å². The molecule has 3 rings (SSSR count). The van der Waals surface area contributed by atoms with Crippen LogP contribution in [0.15, 0.2) is 53.4 Å². The van der Waals surface area contributed by atoms with E-state index in [-0.39, 0.29) is 12.4 Å². The minimum atomic E-state index is -0.662. The van der Waals surface area contributed by atoms with E-state index in [0.29, 0.717) is 12.5 Å². The maximum Gasteiger partial charge on any atom is 0.309 e. The van der Waals surface area contributed by atoms with Crippen LogP contribution < -0.4 is 10.6 Å². The number of nitrogens with zero attached hydrogens (tertiary/aromatic N) is 1. The molecule has 1 aliphatic heterocycles. The number of hydrogen-bond acceptors (Lipinski definition) is 4. The van der Waals surface area contributed by atoms with Gasteiger partial charge in [0, 0.05) is 24.5 Å². The molecule has 2 aromatic carbocycles. The highest BCUT2D eigenvalue weighted by Gasteiger charge is 2.21. The maximum absolute atomic E-state index is 12.9. The monoisotopic (exact) mass is 429 g/mol. The third kappa shape index (κ3) is 6.57. The number of likely N-dealkylation sites (tertiary alicyclic amines) is 1. The van der Waals surface area contributed by atoms with Crippen molar-refractivity contribution >= 4 is 23.6 Å². The summed E-state index contributed by atoms with van der Waals surface area (Å²) in [5, 5.41) is 5.31. The molecule has 0 radical (unpaired) electrons. The van der Waals surface area contributed by atoms with Crippen LogP contribution in [0.2, 0.25) is 0 Å². The van der Waals surface area contributed by atoms with Gasteiger partial charge in [0.2, 0.25) is 0 Å². The number of halogens is 1. The lowest BCUT2D eigenvalue weighted by Gasteiger charge is -2.32. The number of piperidine rings is 1. The van der Waals surface area contributed by atoms with Gasteiger partial charge in [-0.2, -0.15) is 0 Å². The van der Waals surface area contributed by atoms with Crippen molar-refractivity contribution in [1.82, 2.24) is 15.5 Å². The highest BCUT2D eigenvalue weighted by molar-refractivity contribution is 7.98. The molecule has 30 heavy (non-hydrogen) atoms. The zero-order valence-corrected chi connectivity index (χ0v) is 18.0. The first-order chi connectivity index (χ1) is 14.5. The number of hydrogen-bond donors (Lipinski definition) is 2. The van der Waals surface area contributed by atoms with E-state index in [1.807, 2.05) is 0 Å². The third-order valence-electron chi connectivity index (χ3n) is 5.42. The molecule has 0 saturated carbocycles. The second-order valence-corrected chi connectivity index (χ2v) is 8.40. The van der Waals surface area contributed by atoms with E-state index in [2.05, 4.69) is 46.1 Å². The Morgan fingerprint density at radius 3 is 2.40 bits per heavy atom. The number of carbonyl (C=O) groups is 2. The summed E-state index contributed by atoms with van der Waals surface area (Å²) in [6.45, 7) is 3.63. The number of nitrogens with one attached hydrogen (secondary N) is 2. The topological polar surface area (TPSA) is 61.4 Å². The lowest BCUT2D eigenvalue weighted by atomic mass is 9.96. The van der Waals surface area contributed by atoms with Gasteiger partial charge < -0.3 is 10.6 Å². The Hall–Kier alpha value is -2.38. The Bertz CT molecular complexity index is 852. The summed E-state index contributed by atoms with van der Waals surface area (Å²) < 4.78 is 12.9. The van der Waals surface area contributed by atoms with Crippen LogP contribution in [0.4, 0.5) is 4.39 Å². The molecule has 0 unspecified atom stereocenters. The predicted molar refractivity (Wildman–Crippen MR) is 117 cm³/mol. The molecule has 160 valence electrons. The van der Waals surface area contributed by atoms with Gasteiger partial charge in [-0.3, -0.25) is 14.5 Å². The van der Waals surface area contributed by atoms with Gasteiger partial charge in [-0.1, -0.05) is 30.3 Å². The van der Waals surface area contributed by atoms with Crippen molar-refractivity contribution in [1.29, 1.82) is 0 Å². The van der Waals surface area contributed by atoms with E-state index in [1.54, 1.807) is 23.9 Å². The molecule has 1 fully saturated rings. The molecular formula is C23H28FN3O2S. The molecule has 1 saturated heterocycles. The van der Waals surface area contributed by atoms with Crippen molar-refractivity contribution in [3.63, 3.8) is 0 Å². The zero-order chi connectivity index (χ0) is 21.3. The van der Waals surface area contributed by atoms with Gasteiger partial charge in [-0.05, 0) is 67.4 Å². The summed E-state index contributed by atoms with van der Waals surface area (Å²) >= 11 is 1.77. The van der Waals surface area contributed by atoms with Gasteiger partial charge in [0.05, 0.1) is 0 Å². The van der Waals surface area contributed by atoms with Crippen molar-refractivity contribution in [2.45, 2.75) is 30.8 Å².